The fraction of sp³-hybridized carbons (Fsp3) is 0.409. The van der Waals surface area contributed by atoms with Crippen molar-refractivity contribution < 1.29 is 32.6 Å². The second kappa shape index (κ2) is 9.38. The average molecular weight is 425 g/mol. The van der Waals surface area contributed by atoms with Crippen LogP contribution in [-0.4, -0.2) is 28.4 Å². The molecule has 0 spiro atoms. The molecular weight excluding hydrogens is 399 g/mol. The van der Waals surface area contributed by atoms with Crippen LogP contribution < -0.4 is 0 Å². The second-order valence-electron chi connectivity index (χ2n) is 7.91. The van der Waals surface area contributed by atoms with Crippen molar-refractivity contribution in [3.63, 3.8) is 0 Å². The molecule has 0 aliphatic carbocycles. The smallest absolute Gasteiger partial charge is 0.434 e. The molecule has 0 radical (unpaired) electrons. The molecule has 0 aromatic heterocycles. The van der Waals surface area contributed by atoms with Gasteiger partial charge in [0, 0.05) is 0 Å². The largest absolute Gasteiger partial charge is 0.508 e. The maximum Gasteiger partial charge on any atom is 0.434 e. The minimum Gasteiger partial charge on any atom is -0.508 e. The first-order valence-electron chi connectivity index (χ1n) is 9.43. The molecule has 1 N–H and O–H groups in total. The van der Waals surface area contributed by atoms with Crippen LogP contribution >= 0.6 is 0 Å². The highest BCUT2D eigenvalue weighted by Gasteiger charge is 2.30. The summed E-state index contributed by atoms with van der Waals surface area (Å²) in [6.07, 6.45) is -4.67. The van der Waals surface area contributed by atoms with Gasteiger partial charge in [-0.15, -0.1) is 0 Å². The quantitative estimate of drug-likeness (QED) is 0.610. The molecule has 0 saturated heterocycles. The van der Waals surface area contributed by atoms with E-state index in [1.54, 1.807) is 52.0 Å². The van der Waals surface area contributed by atoms with E-state index in [-0.39, 0.29) is 18.9 Å². The Balaban J connectivity index is 2.10. The van der Waals surface area contributed by atoms with Crippen molar-refractivity contribution in [1.82, 2.24) is 5.06 Å². The number of aromatic hydroxyl groups is 1. The first-order valence-corrected chi connectivity index (χ1v) is 9.43. The Morgan fingerprint density at radius 2 is 1.70 bits per heavy atom. The number of hydrogen-bond acceptors (Lipinski definition) is 4. The molecule has 164 valence electrons. The molecule has 0 bridgehead atoms. The van der Waals surface area contributed by atoms with E-state index in [2.05, 4.69) is 0 Å². The van der Waals surface area contributed by atoms with E-state index in [9.17, 15) is 23.1 Å². The first kappa shape index (κ1) is 23.5. The third-order valence-electron chi connectivity index (χ3n) is 4.18. The monoisotopic (exact) mass is 425 g/mol. The lowest BCUT2D eigenvalue weighted by molar-refractivity contribution is -0.155. The molecule has 0 heterocycles. The van der Waals surface area contributed by atoms with Crippen LogP contribution in [0.4, 0.5) is 18.0 Å². The number of alkyl halides is 3. The average Bonchev–Trinajstić information content (AvgIpc) is 2.61. The number of phenols is 1. The molecule has 0 fully saturated rings. The molecule has 2 aromatic carbocycles. The number of amides is 1. The van der Waals surface area contributed by atoms with Crippen LogP contribution in [0.1, 0.15) is 43.0 Å². The van der Waals surface area contributed by atoms with Gasteiger partial charge < -0.3 is 9.84 Å². The van der Waals surface area contributed by atoms with Crippen molar-refractivity contribution in [3.8, 4) is 5.75 Å². The molecule has 0 unspecified atom stereocenters. The van der Waals surface area contributed by atoms with Crippen LogP contribution in [0.15, 0.2) is 42.5 Å². The van der Waals surface area contributed by atoms with E-state index in [1.165, 1.54) is 6.07 Å². The zero-order valence-corrected chi connectivity index (χ0v) is 17.4. The van der Waals surface area contributed by atoms with Gasteiger partial charge in [0.15, 0.2) is 0 Å². The number of carbonyl (C=O) groups is 1. The highest BCUT2D eigenvalue weighted by Crippen LogP contribution is 2.30. The molecule has 8 heteroatoms. The Morgan fingerprint density at radius 3 is 2.23 bits per heavy atom. The van der Waals surface area contributed by atoms with Crippen molar-refractivity contribution >= 4 is 6.09 Å². The Labute approximate surface area is 174 Å². The van der Waals surface area contributed by atoms with Gasteiger partial charge in [-0.05, 0) is 75.1 Å². The summed E-state index contributed by atoms with van der Waals surface area (Å²) in [5.74, 6) is 0.136. The Bertz CT molecular complexity index is 858. The fourth-order valence-corrected chi connectivity index (χ4v) is 2.60. The summed E-state index contributed by atoms with van der Waals surface area (Å²) >= 11 is 0. The highest BCUT2D eigenvalue weighted by atomic mass is 19.4. The SMILES string of the molecule is Cc1cc(C(F)(F)F)ccc1CON(CCc1ccc(O)cc1)C(=O)OC(C)(C)C. The topological polar surface area (TPSA) is 59.0 Å². The number of nitrogens with zero attached hydrogens (tertiary/aromatic N) is 1. The van der Waals surface area contributed by atoms with Gasteiger partial charge in [0.05, 0.1) is 12.1 Å². The number of aryl methyl sites for hydroxylation is 1. The lowest BCUT2D eigenvalue weighted by atomic mass is 10.1. The molecule has 0 aliphatic rings. The van der Waals surface area contributed by atoms with E-state index in [0.29, 0.717) is 17.5 Å². The normalized spacial score (nSPS) is 12.0. The highest BCUT2D eigenvalue weighted by molar-refractivity contribution is 5.66. The molecule has 0 aliphatic heterocycles. The van der Waals surface area contributed by atoms with E-state index in [4.69, 9.17) is 9.57 Å². The number of halogens is 3. The lowest BCUT2D eigenvalue weighted by Gasteiger charge is -2.27. The summed E-state index contributed by atoms with van der Waals surface area (Å²) in [5.41, 5.74) is 0.339. The predicted octanol–water partition coefficient (Wildman–Crippen LogP) is 5.63. The van der Waals surface area contributed by atoms with Crippen LogP contribution in [0, 0.1) is 6.92 Å². The third-order valence-corrected chi connectivity index (χ3v) is 4.18. The van der Waals surface area contributed by atoms with Gasteiger partial charge in [0.25, 0.3) is 0 Å². The molecule has 1 amide bonds. The van der Waals surface area contributed by atoms with Crippen LogP contribution in [-0.2, 0) is 28.8 Å². The predicted molar refractivity (Wildman–Crippen MR) is 106 cm³/mol. The molecule has 30 heavy (non-hydrogen) atoms. The molecule has 5 nitrogen and oxygen atoms in total. The van der Waals surface area contributed by atoms with Crippen molar-refractivity contribution in [2.45, 2.75) is 52.5 Å². The summed E-state index contributed by atoms with van der Waals surface area (Å²) in [4.78, 5) is 18.1. The number of benzene rings is 2. The molecule has 0 atom stereocenters. The van der Waals surface area contributed by atoms with Crippen LogP contribution in [0.2, 0.25) is 0 Å². The van der Waals surface area contributed by atoms with Gasteiger partial charge in [-0.2, -0.15) is 18.2 Å². The third kappa shape index (κ3) is 7.26. The summed E-state index contributed by atoms with van der Waals surface area (Å²) in [6.45, 7) is 6.82. The van der Waals surface area contributed by atoms with Gasteiger partial charge in [0.1, 0.15) is 18.0 Å². The van der Waals surface area contributed by atoms with Crippen molar-refractivity contribution in [1.29, 1.82) is 0 Å². The summed E-state index contributed by atoms with van der Waals surface area (Å²) in [6, 6.07) is 9.91. The van der Waals surface area contributed by atoms with Gasteiger partial charge in [0.2, 0.25) is 0 Å². The van der Waals surface area contributed by atoms with Crippen molar-refractivity contribution in [2.24, 2.45) is 0 Å². The number of hydrogen-bond donors (Lipinski definition) is 1. The van der Waals surface area contributed by atoms with E-state index in [0.717, 1.165) is 22.8 Å². The zero-order chi connectivity index (χ0) is 22.5. The number of phenolic OH excluding ortho intramolecular Hbond substituents is 1. The second-order valence-corrected chi connectivity index (χ2v) is 7.91. The lowest BCUT2D eigenvalue weighted by Crippen LogP contribution is -2.38. The minimum atomic E-state index is -4.42. The van der Waals surface area contributed by atoms with Crippen LogP contribution in [0.25, 0.3) is 0 Å². The van der Waals surface area contributed by atoms with E-state index < -0.39 is 23.4 Å². The van der Waals surface area contributed by atoms with Gasteiger partial charge in [-0.3, -0.25) is 4.84 Å². The fourth-order valence-electron chi connectivity index (χ4n) is 2.60. The Hall–Kier alpha value is -2.74. The molecule has 0 saturated carbocycles. The van der Waals surface area contributed by atoms with Crippen molar-refractivity contribution in [3.05, 3.63) is 64.7 Å². The van der Waals surface area contributed by atoms with Gasteiger partial charge in [-0.25, -0.2) is 4.79 Å². The number of rotatable bonds is 6. The van der Waals surface area contributed by atoms with E-state index in [1.807, 2.05) is 0 Å². The molecule has 2 rings (SSSR count). The number of ether oxygens (including phenoxy) is 1. The maximum absolute atomic E-state index is 12.8. The first-order chi connectivity index (χ1) is 13.8. The van der Waals surface area contributed by atoms with Crippen LogP contribution in [0.3, 0.4) is 0 Å². The Morgan fingerprint density at radius 1 is 1.07 bits per heavy atom. The summed E-state index contributed by atoms with van der Waals surface area (Å²) in [7, 11) is 0. The van der Waals surface area contributed by atoms with Crippen molar-refractivity contribution in [2.75, 3.05) is 6.54 Å². The molecule has 2 aromatic rings. The van der Waals surface area contributed by atoms with Gasteiger partial charge in [-0.1, -0.05) is 18.2 Å². The number of carbonyl (C=O) groups excluding carboxylic acids is 1. The molecular formula is C22H26F3NO4. The standard InChI is InChI=1S/C22H26F3NO4/c1-15-13-18(22(23,24)25)8-7-17(15)14-29-26(20(28)30-21(2,3)4)12-11-16-5-9-19(27)10-6-16/h5-10,13,27H,11-12,14H2,1-4H3. The minimum absolute atomic E-state index is 0.0845. The van der Waals surface area contributed by atoms with Gasteiger partial charge >= 0.3 is 12.3 Å². The summed E-state index contributed by atoms with van der Waals surface area (Å²) < 4.78 is 43.9. The Kier molecular flexibility index (Phi) is 7.36. The van der Waals surface area contributed by atoms with Crippen LogP contribution in [0.5, 0.6) is 5.75 Å². The number of hydroxylamine groups is 2. The maximum atomic E-state index is 12.8. The van der Waals surface area contributed by atoms with E-state index >= 15 is 0 Å². The summed E-state index contributed by atoms with van der Waals surface area (Å²) in [5, 5.41) is 10.4. The zero-order valence-electron chi connectivity index (χ0n) is 17.4.